The van der Waals surface area contributed by atoms with E-state index in [2.05, 4.69) is 0 Å². The summed E-state index contributed by atoms with van der Waals surface area (Å²) in [6.45, 7) is 0.967. The van der Waals surface area contributed by atoms with Gasteiger partial charge in [-0.15, -0.1) is 0 Å². The normalized spacial score (nSPS) is 19.2. The Morgan fingerprint density at radius 3 is 2.23 bits per heavy atom. The Kier molecular flexibility index (Phi) is 6.02. The zero-order chi connectivity index (χ0) is 24.6. The number of hydrogen-bond acceptors (Lipinski definition) is 4. The van der Waals surface area contributed by atoms with Crippen LogP contribution in [0.2, 0.25) is 0 Å². The lowest BCUT2D eigenvalue weighted by molar-refractivity contribution is -0.128. The Bertz CT molecular complexity index is 1360. The second-order valence-corrected chi connectivity index (χ2v) is 10.7. The summed E-state index contributed by atoms with van der Waals surface area (Å²) in [6, 6.07) is 20.8. The molecule has 2 aliphatic heterocycles. The van der Waals surface area contributed by atoms with Crippen LogP contribution in [-0.4, -0.2) is 42.7 Å². The summed E-state index contributed by atoms with van der Waals surface area (Å²) in [4.78, 5) is 29.5. The third-order valence-electron chi connectivity index (χ3n) is 6.36. The predicted octanol–water partition coefficient (Wildman–Crippen LogP) is 4.01. The molecule has 1 unspecified atom stereocenters. The standard InChI is InChI=1S/C26H24FN3O4S/c27-22-12-10-20(11-13-22)18-30-26(32)29(23-8-4-5-9-24(23)35(30,33)34)17-21-14-25(31)28(16-21)15-19-6-2-1-3-7-19/h1-13,21H,14-18H2. The Balaban J connectivity index is 1.40. The van der Waals surface area contributed by atoms with Gasteiger partial charge in [-0.05, 0) is 35.4 Å². The van der Waals surface area contributed by atoms with Gasteiger partial charge in [-0.3, -0.25) is 9.69 Å². The highest BCUT2D eigenvalue weighted by molar-refractivity contribution is 7.90. The third kappa shape index (κ3) is 4.51. The van der Waals surface area contributed by atoms with Crippen LogP contribution >= 0.6 is 0 Å². The molecule has 0 spiro atoms. The van der Waals surface area contributed by atoms with Gasteiger partial charge < -0.3 is 4.90 Å². The molecule has 3 aromatic rings. The van der Waals surface area contributed by atoms with Gasteiger partial charge >= 0.3 is 6.03 Å². The topological polar surface area (TPSA) is 78.0 Å². The lowest BCUT2D eigenvalue weighted by Gasteiger charge is -2.37. The quantitative estimate of drug-likeness (QED) is 0.520. The molecule has 2 aliphatic rings. The highest BCUT2D eigenvalue weighted by atomic mass is 32.2. The number of carbonyl (C=O) groups excluding carboxylic acids is 2. The van der Waals surface area contributed by atoms with E-state index in [0.717, 1.165) is 9.87 Å². The Labute approximate surface area is 203 Å². The molecule has 2 heterocycles. The molecule has 3 amide bonds. The van der Waals surface area contributed by atoms with Crippen molar-refractivity contribution in [1.29, 1.82) is 0 Å². The minimum atomic E-state index is -4.10. The Hall–Kier alpha value is -3.72. The highest BCUT2D eigenvalue weighted by Gasteiger charge is 2.43. The second-order valence-electron chi connectivity index (χ2n) is 8.83. The van der Waals surface area contributed by atoms with E-state index in [1.165, 1.54) is 35.2 Å². The number of para-hydroxylation sites is 1. The van der Waals surface area contributed by atoms with Crippen LogP contribution in [0.1, 0.15) is 17.5 Å². The van der Waals surface area contributed by atoms with E-state index in [0.29, 0.717) is 24.3 Å². The summed E-state index contributed by atoms with van der Waals surface area (Å²) in [5, 5.41) is 0. The fourth-order valence-corrected chi connectivity index (χ4v) is 6.19. The molecule has 35 heavy (non-hydrogen) atoms. The number of halogens is 1. The van der Waals surface area contributed by atoms with E-state index in [1.807, 2.05) is 30.3 Å². The smallest absolute Gasteiger partial charge is 0.338 e. The van der Waals surface area contributed by atoms with Crippen molar-refractivity contribution in [2.75, 3.05) is 18.0 Å². The van der Waals surface area contributed by atoms with Gasteiger partial charge in [-0.2, -0.15) is 0 Å². The lowest BCUT2D eigenvalue weighted by atomic mass is 10.1. The molecular formula is C26H24FN3O4S. The Morgan fingerprint density at radius 1 is 0.829 bits per heavy atom. The van der Waals surface area contributed by atoms with Crippen molar-refractivity contribution in [2.45, 2.75) is 24.4 Å². The van der Waals surface area contributed by atoms with Gasteiger partial charge in [0.1, 0.15) is 10.7 Å². The minimum Gasteiger partial charge on any atom is -0.338 e. The molecule has 0 saturated carbocycles. The summed E-state index contributed by atoms with van der Waals surface area (Å²) >= 11 is 0. The van der Waals surface area contributed by atoms with Gasteiger partial charge in [0, 0.05) is 32.0 Å². The number of likely N-dealkylation sites (tertiary alicyclic amines) is 1. The maximum atomic E-state index is 13.5. The molecule has 0 bridgehead atoms. The highest BCUT2D eigenvalue weighted by Crippen LogP contribution is 2.36. The van der Waals surface area contributed by atoms with Crippen LogP contribution in [0.4, 0.5) is 14.9 Å². The lowest BCUT2D eigenvalue weighted by Crippen LogP contribution is -2.51. The van der Waals surface area contributed by atoms with E-state index >= 15 is 0 Å². The third-order valence-corrected chi connectivity index (χ3v) is 8.13. The molecule has 180 valence electrons. The number of rotatable bonds is 6. The van der Waals surface area contributed by atoms with Crippen molar-refractivity contribution < 1.29 is 22.4 Å². The van der Waals surface area contributed by atoms with Gasteiger partial charge in [-0.1, -0.05) is 54.6 Å². The molecule has 7 nitrogen and oxygen atoms in total. The van der Waals surface area contributed by atoms with E-state index in [-0.39, 0.29) is 36.2 Å². The monoisotopic (exact) mass is 493 g/mol. The van der Waals surface area contributed by atoms with E-state index in [4.69, 9.17) is 0 Å². The average Bonchev–Trinajstić information content (AvgIpc) is 3.20. The zero-order valence-corrected chi connectivity index (χ0v) is 19.7. The van der Waals surface area contributed by atoms with Gasteiger partial charge in [0.05, 0.1) is 12.2 Å². The average molecular weight is 494 g/mol. The van der Waals surface area contributed by atoms with E-state index in [1.54, 1.807) is 23.1 Å². The molecule has 0 aliphatic carbocycles. The molecule has 1 saturated heterocycles. The van der Waals surface area contributed by atoms with Gasteiger partial charge in [0.2, 0.25) is 5.91 Å². The maximum Gasteiger partial charge on any atom is 0.338 e. The molecule has 1 fully saturated rings. The first kappa shape index (κ1) is 23.0. The van der Waals surface area contributed by atoms with Crippen molar-refractivity contribution in [2.24, 2.45) is 5.92 Å². The number of benzene rings is 3. The fourth-order valence-electron chi connectivity index (χ4n) is 4.63. The summed E-state index contributed by atoms with van der Waals surface area (Å²) in [7, 11) is -4.10. The molecule has 1 atom stereocenters. The van der Waals surface area contributed by atoms with Crippen molar-refractivity contribution >= 4 is 27.6 Å². The van der Waals surface area contributed by atoms with Crippen LogP contribution in [0.15, 0.2) is 83.8 Å². The number of anilines is 1. The van der Waals surface area contributed by atoms with Crippen molar-refractivity contribution in [3.8, 4) is 0 Å². The van der Waals surface area contributed by atoms with E-state index < -0.39 is 21.9 Å². The molecule has 9 heteroatoms. The first-order valence-corrected chi connectivity index (χ1v) is 12.8. The number of amides is 3. The minimum absolute atomic E-state index is 0.00684. The SMILES string of the molecule is O=C1CC(CN2C(=O)N(Cc3ccc(F)cc3)S(=O)(=O)c3ccccc32)CN1Cc1ccccc1. The summed E-state index contributed by atoms with van der Waals surface area (Å²) in [6.07, 6.45) is 0.281. The summed E-state index contributed by atoms with van der Waals surface area (Å²) in [5.41, 5.74) is 1.83. The van der Waals surface area contributed by atoms with Crippen LogP contribution in [0.25, 0.3) is 0 Å². The van der Waals surface area contributed by atoms with Crippen LogP contribution in [-0.2, 0) is 27.9 Å². The number of urea groups is 1. The molecule has 0 aromatic heterocycles. The molecule has 3 aromatic carbocycles. The largest absolute Gasteiger partial charge is 0.338 e. The first-order valence-electron chi connectivity index (χ1n) is 11.3. The molecule has 5 rings (SSSR count). The number of sulfonamides is 1. The second kappa shape index (κ2) is 9.14. The van der Waals surface area contributed by atoms with Crippen molar-refractivity contribution in [3.63, 3.8) is 0 Å². The maximum absolute atomic E-state index is 13.5. The number of carbonyl (C=O) groups is 2. The van der Waals surface area contributed by atoms with Crippen LogP contribution in [0.3, 0.4) is 0 Å². The van der Waals surface area contributed by atoms with Crippen LogP contribution < -0.4 is 4.90 Å². The molecule has 0 N–H and O–H groups in total. The summed E-state index contributed by atoms with van der Waals surface area (Å²) in [5.74, 6) is -0.580. The summed E-state index contributed by atoms with van der Waals surface area (Å²) < 4.78 is 40.8. The van der Waals surface area contributed by atoms with Gasteiger partial charge in [0.25, 0.3) is 10.0 Å². The zero-order valence-electron chi connectivity index (χ0n) is 18.9. The van der Waals surface area contributed by atoms with Crippen LogP contribution in [0.5, 0.6) is 0 Å². The molecule has 0 radical (unpaired) electrons. The van der Waals surface area contributed by atoms with Crippen LogP contribution in [0, 0.1) is 11.7 Å². The van der Waals surface area contributed by atoms with E-state index in [9.17, 15) is 22.4 Å². The number of hydrogen-bond donors (Lipinski definition) is 0. The first-order chi connectivity index (χ1) is 16.8. The van der Waals surface area contributed by atoms with Gasteiger partial charge in [0.15, 0.2) is 0 Å². The van der Waals surface area contributed by atoms with Crippen molar-refractivity contribution in [1.82, 2.24) is 9.21 Å². The Morgan fingerprint density at radius 2 is 1.49 bits per heavy atom. The number of nitrogens with zero attached hydrogens (tertiary/aromatic N) is 3. The number of fused-ring (bicyclic) bond motifs is 1. The fraction of sp³-hybridized carbons (Fsp3) is 0.231. The van der Waals surface area contributed by atoms with Gasteiger partial charge in [-0.25, -0.2) is 21.9 Å². The van der Waals surface area contributed by atoms with Crippen molar-refractivity contribution in [3.05, 3.63) is 95.8 Å². The predicted molar refractivity (Wildman–Crippen MR) is 128 cm³/mol. The molecular weight excluding hydrogens is 469 g/mol.